The summed E-state index contributed by atoms with van der Waals surface area (Å²) in [6.07, 6.45) is 1.64. The van der Waals surface area contributed by atoms with Gasteiger partial charge in [-0.15, -0.1) is 0 Å². The number of nitrogens with zero attached hydrogens (tertiary/aromatic N) is 2. The first-order chi connectivity index (χ1) is 9.99. The van der Waals surface area contributed by atoms with Crippen molar-refractivity contribution in [2.45, 2.75) is 19.5 Å². The van der Waals surface area contributed by atoms with Gasteiger partial charge in [-0.25, -0.2) is 4.39 Å². The number of hydrogen-bond acceptors (Lipinski definition) is 4. The predicted octanol–water partition coefficient (Wildman–Crippen LogP) is 3.12. The molecule has 1 aromatic carbocycles. The lowest BCUT2D eigenvalue weighted by atomic mass is 10.1. The van der Waals surface area contributed by atoms with Gasteiger partial charge >= 0.3 is 5.69 Å². The van der Waals surface area contributed by atoms with Gasteiger partial charge in [-0.1, -0.05) is 6.07 Å². The fraction of sp³-hybridized carbons (Fsp3) is 0.214. The first kappa shape index (κ1) is 15.0. The largest absolute Gasteiger partial charge is 0.305 e. The molecular formula is C14H13F2N3O2. The SMILES string of the molecule is CC(NCc1cc([N+](=O)[O-])c(F)cc1F)c1ccccn1. The Hall–Kier alpha value is -2.41. The van der Waals surface area contributed by atoms with Gasteiger partial charge in [0.2, 0.25) is 5.82 Å². The van der Waals surface area contributed by atoms with Crippen molar-refractivity contribution in [3.05, 3.63) is 69.5 Å². The van der Waals surface area contributed by atoms with Crippen molar-refractivity contribution in [3.63, 3.8) is 0 Å². The van der Waals surface area contributed by atoms with Crippen molar-refractivity contribution in [2.24, 2.45) is 0 Å². The topological polar surface area (TPSA) is 68.1 Å². The fourth-order valence-electron chi connectivity index (χ4n) is 1.86. The van der Waals surface area contributed by atoms with E-state index in [-0.39, 0.29) is 18.2 Å². The maximum Gasteiger partial charge on any atom is 0.305 e. The van der Waals surface area contributed by atoms with Crippen LogP contribution < -0.4 is 5.32 Å². The minimum Gasteiger partial charge on any atom is -0.305 e. The van der Waals surface area contributed by atoms with E-state index in [1.165, 1.54) is 0 Å². The third-order valence-electron chi connectivity index (χ3n) is 3.04. The van der Waals surface area contributed by atoms with Gasteiger partial charge in [-0.05, 0) is 19.1 Å². The number of nitro benzene ring substituents is 1. The number of nitro groups is 1. The minimum atomic E-state index is -1.18. The van der Waals surface area contributed by atoms with Gasteiger partial charge in [-0.2, -0.15) is 4.39 Å². The Morgan fingerprint density at radius 3 is 2.71 bits per heavy atom. The van der Waals surface area contributed by atoms with Crippen LogP contribution >= 0.6 is 0 Å². The molecule has 0 aliphatic carbocycles. The van der Waals surface area contributed by atoms with Crippen molar-refractivity contribution in [2.75, 3.05) is 0 Å². The Balaban J connectivity index is 2.13. The van der Waals surface area contributed by atoms with Crippen LogP contribution in [0.3, 0.4) is 0 Å². The molecule has 5 nitrogen and oxygen atoms in total. The van der Waals surface area contributed by atoms with E-state index < -0.39 is 22.2 Å². The number of halogens is 2. The fourth-order valence-corrected chi connectivity index (χ4v) is 1.86. The van der Waals surface area contributed by atoms with E-state index in [1.54, 1.807) is 18.3 Å². The summed E-state index contributed by atoms with van der Waals surface area (Å²) < 4.78 is 26.9. The second kappa shape index (κ2) is 6.36. The summed E-state index contributed by atoms with van der Waals surface area (Å²) in [4.78, 5) is 13.9. The van der Waals surface area contributed by atoms with Gasteiger partial charge in [0.1, 0.15) is 5.82 Å². The molecule has 1 unspecified atom stereocenters. The van der Waals surface area contributed by atoms with Crippen molar-refractivity contribution in [1.29, 1.82) is 0 Å². The highest BCUT2D eigenvalue weighted by Crippen LogP contribution is 2.22. The van der Waals surface area contributed by atoms with Crippen LogP contribution in [0.1, 0.15) is 24.2 Å². The average molecular weight is 293 g/mol. The number of aromatic nitrogens is 1. The standard InChI is InChI=1S/C14H13F2N3O2/c1-9(13-4-2-3-5-17-13)18-8-10-6-14(19(20)21)12(16)7-11(10)15/h2-7,9,18H,8H2,1H3. The van der Waals surface area contributed by atoms with Crippen LogP contribution in [0.2, 0.25) is 0 Å². The molecule has 0 aliphatic rings. The van der Waals surface area contributed by atoms with Crippen LogP contribution in [0.5, 0.6) is 0 Å². The van der Waals surface area contributed by atoms with Gasteiger partial charge < -0.3 is 5.32 Å². The summed E-state index contributed by atoms with van der Waals surface area (Å²) in [6.45, 7) is 1.86. The molecule has 0 radical (unpaired) electrons. The summed E-state index contributed by atoms with van der Waals surface area (Å²) in [7, 11) is 0. The lowest BCUT2D eigenvalue weighted by Crippen LogP contribution is -2.19. The number of hydrogen-bond donors (Lipinski definition) is 1. The Morgan fingerprint density at radius 2 is 2.10 bits per heavy atom. The van der Waals surface area contributed by atoms with Gasteiger partial charge in [0.15, 0.2) is 0 Å². The Morgan fingerprint density at radius 1 is 1.33 bits per heavy atom. The van der Waals surface area contributed by atoms with Gasteiger partial charge in [0.25, 0.3) is 0 Å². The maximum atomic E-state index is 13.6. The van der Waals surface area contributed by atoms with Crippen LogP contribution in [0, 0.1) is 21.7 Å². The quantitative estimate of drug-likeness (QED) is 0.679. The lowest BCUT2D eigenvalue weighted by molar-refractivity contribution is -0.387. The van der Waals surface area contributed by atoms with E-state index in [9.17, 15) is 18.9 Å². The van der Waals surface area contributed by atoms with E-state index >= 15 is 0 Å². The molecule has 1 heterocycles. The molecule has 7 heteroatoms. The van der Waals surface area contributed by atoms with Crippen molar-refractivity contribution in [1.82, 2.24) is 10.3 Å². The number of benzene rings is 1. The average Bonchev–Trinajstić information content (AvgIpc) is 2.46. The molecule has 2 rings (SSSR count). The molecule has 0 saturated carbocycles. The maximum absolute atomic E-state index is 13.6. The third kappa shape index (κ3) is 3.57. The zero-order chi connectivity index (χ0) is 15.4. The lowest BCUT2D eigenvalue weighted by Gasteiger charge is -2.13. The zero-order valence-corrected chi connectivity index (χ0v) is 11.2. The molecule has 1 atom stereocenters. The molecule has 0 fully saturated rings. The van der Waals surface area contributed by atoms with Crippen LogP contribution in [-0.4, -0.2) is 9.91 Å². The van der Waals surface area contributed by atoms with Crippen molar-refractivity contribution < 1.29 is 13.7 Å². The second-order valence-electron chi connectivity index (χ2n) is 4.51. The zero-order valence-electron chi connectivity index (χ0n) is 11.2. The molecule has 110 valence electrons. The molecule has 1 aromatic heterocycles. The van der Waals surface area contributed by atoms with Crippen LogP contribution in [0.4, 0.5) is 14.5 Å². The highest BCUT2D eigenvalue weighted by molar-refractivity contribution is 5.37. The minimum absolute atomic E-state index is 0.0324. The molecular weight excluding hydrogens is 280 g/mol. The molecule has 2 aromatic rings. The smallest absolute Gasteiger partial charge is 0.305 e. The van der Waals surface area contributed by atoms with E-state index in [2.05, 4.69) is 10.3 Å². The summed E-state index contributed by atoms with van der Waals surface area (Å²) >= 11 is 0. The van der Waals surface area contributed by atoms with E-state index in [0.29, 0.717) is 6.07 Å². The molecule has 0 saturated heterocycles. The van der Waals surface area contributed by atoms with Crippen LogP contribution in [-0.2, 0) is 6.54 Å². The Kier molecular flexibility index (Phi) is 4.54. The summed E-state index contributed by atoms with van der Waals surface area (Å²) in [5.41, 5.74) is 0.0547. The van der Waals surface area contributed by atoms with Crippen LogP contribution in [0.15, 0.2) is 36.5 Å². The molecule has 21 heavy (non-hydrogen) atoms. The molecule has 0 amide bonds. The van der Waals surface area contributed by atoms with Gasteiger partial charge in [0.05, 0.1) is 10.6 Å². The first-order valence-electron chi connectivity index (χ1n) is 6.25. The Bertz CT molecular complexity index is 650. The number of nitrogens with one attached hydrogen (secondary N) is 1. The molecule has 0 bridgehead atoms. The van der Waals surface area contributed by atoms with Gasteiger partial charge in [-0.3, -0.25) is 15.1 Å². The number of rotatable bonds is 5. The summed E-state index contributed by atoms with van der Waals surface area (Å²) in [5, 5.41) is 13.7. The predicted molar refractivity (Wildman–Crippen MR) is 72.5 cm³/mol. The third-order valence-corrected chi connectivity index (χ3v) is 3.04. The van der Waals surface area contributed by atoms with E-state index in [4.69, 9.17) is 0 Å². The Labute approximate surface area is 119 Å². The van der Waals surface area contributed by atoms with Crippen molar-refractivity contribution in [3.8, 4) is 0 Å². The first-order valence-corrected chi connectivity index (χ1v) is 6.25. The highest BCUT2D eigenvalue weighted by atomic mass is 19.1. The second-order valence-corrected chi connectivity index (χ2v) is 4.51. The number of pyridine rings is 1. The monoisotopic (exact) mass is 293 g/mol. The van der Waals surface area contributed by atoms with E-state index in [0.717, 1.165) is 11.8 Å². The molecule has 0 aliphatic heterocycles. The van der Waals surface area contributed by atoms with Crippen LogP contribution in [0.25, 0.3) is 0 Å². The highest BCUT2D eigenvalue weighted by Gasteiger charge is 2.18. The summed E-state index contributed by atoms with van der Waals surface area (Å²) in [6, 6.07) is 6.67. The molecule has 1 N–H and O–H groups in total. The molecule has 0 spiro atoms. The summed E-state index contributed by atoms with van der Waals surface area (Å²) in [5.74, 6) is -2.00. The normalized spacial score (nSPS) is 12.1. The van der Waals surface area contributed by atoms with E-state index in [1.807, 2.05) is 13.0 Å². The van der Waals surface area contributed by atoms with Gasteiger partial charge in [0, 0.05) is 36.5 Å². The van der Waals surface area contributed by atoms with Crippen molar-refractivity contribution >= 4 is 5.69 Å².